The number of imidazole rings is 1. The summed E-state index contributed by atoms with van der Waals surface area (Å²) in [6.07, 6.45) is 4.05. The van der Waals surface area contributed by atoms with Crippen molar-refractivity contribution >= 4 is 22.9 Å². The van der Waals surface area contributed by atoms with E-state index in [4.69, 9.17) is 10.1 Å². The number of likely N-dealkylation sites (tertiary alicyclic amines) is 1. The summed E-state index contributed by atoms with van der Waals surface area (Å²) in [5, 5.41) is 8.93. The van der Waals surface area contributed by atoms with E-state index in [9.17, 15) is 9.59 Å². The molecule has 0 saturated carbocycles. The molecule has 1 unspecified atom stereocenters. The zero-order valence-corrected chi connectivity index (χ0v) is 14.9. The highest BCUT2D eigenvalue weighted by Crippen LogP contribution is 2.34. The molecule has 1 aromatic carbocycles. The number of amides is 1. The summed E-state index contributed by atoms with van der Waals surface area (Å²) in [6, 6.07) is 7.81. The zero-order chi connectivity index (χ0) is 19.0. The van der Waals surface area contributed by atoms with E-state index in [1.165, 1.54) is 6.20 Å². The Kier molecular flexibility index (Phi) is 4.31. The molecule has 3 aromatic rings. The van der Waals surface area contributed by atoms with Crippen LogP contribution in [-0.2, 0) is 6.54 Å². The van der Waals surface area contributed by atoms with E-state index in [0.717, 1.165) is 42.4 Å². The fourth-order valence-electron chi connectivity index (χ4n) is 3.66. The van der Waals surface area contributed by atoms with Gasteiger partial charge in [0.05, 0.1) is 29.5 Å². The molecule has 27 heavy (non-hydrogen) atoms. The average molecular weight is 365 g/mol. The van der Waals surface area contributed by atoms with Gasteiger partial charge < -0.3 is 14.6 Å². The highest BCUT2D eigenvalue weighted by atomic mass is 16.4. The van der Waals surface area contributed by atoms with Crippen molar-refractivity contribution in [2.75, 3.05) is 6.54 Å². The molecule has 1 aliphatic rings. The van der Waals surface area contributed by atoms with Crippen LogP contribution in [0.2, 0.25) is 0 Å². The van der Waals surface area contributed by atoms with Gasteiger partial charge in [-0.3, -0.25) is 4.79 Å². The number of fused-ring (bicyclic) bond motifs is 1. The Hall–Kier alpha value is -3.29. The van der Waals surface area contributed by atoms with Crippen molar-refractivity contribution in [2.24, 2.45) is 0 Å². The van der Waals surface area contributed by atoms with Crippen molar-refractivity contribution in [3.05, 3.63) is 53.9 Å². The fourth-order valence-corrected chi connectivity index (χ4v) is 3.66. The summed E-state index contributed by atoms with van der Waals surface area (Å²) in [5.41, 5.74) is 1.93. The number of hydrogen-bond donors (Lipinski definition) is 1. The third-order valence-electron chi connectivity index (χ3n) is 4.90. The number of aromatic carboxylic acids is 1. The minimum Gasteiger partial charge on any atom is -0.476 e. The Morgan fingerprint density at radius 1 is 1.19 bits per heavy atom. The van der Waals surface area contributed by atoms with Crippen molar-refractivity contribution in [3.63, 3.8) is 0 Å². The molecule has 3 heterocycles. The summed E-state index contributed by atoms with van der Waals surface area (Å²) in [5.74, 6) is -0.548. The van der Waals surface area contributed by atoms with E-state index in [1.54, 1.807) is 4.90 Å². The first kappa shape index (κ1) is 17.1. The van der Waals surface area contributed by atoms with E-state index in [1.807, 2.05) is 24.3 Å². The lowest BCUT2D eigenvalue weighted by molar-refractivity contribution is 0.0682. The Morgan fingerprint density at radius 3 is 2.63 bits per heavy atom. The van der Waals surface area contributed by atoms with Crippen LogP contribution in [-0.4, -0.2) is 47.9 Å². The number of hydrogen-bond acceptors (Lipinski definition) is 5. The van der Waals surface area contributed by atoms with E-state index in [-0.39, 0.29) is 23.3 Å². The van der Waals surface area contributed by atoms with Gasteiger partial charge in [0, 0.05) is 13.1 Å². The monoisotopic (exact) mass is 365 g/mol. The van der Waals surface area contributed by atoms with E-state index in [2.05, 4.69) is 21.5 Å². The van der Waals surface area contributed by atoms with Crippen LogP contribution in [0, 0.1) is 0 Å². The number of para-hydroxylation sites is 2. The standard InChI is InChI=1S/C19H19N5O3/c1-2-23-15-7-4-3-6-12(15)22-17(23)16-8-5-9-24(16)18(25)13-10-21-14(11-20-13)19(26)27/h3-4,6-7,10-11,16H,2,5,8-9H2,1H3,(H,26,27). The number of carbonyl (C=O) groups excluding carboxylic acids is 1. The van der Waals surface area contributed by atoms with Crippen LogP contribution in [0.15, 0.2) is 36.7 Å². The van der Waals surface area contributed by atoms with Crippen molar-refractivity contribution in [1.29, 1.82) is 0 Å². The van der Waals surface area contributed by atoms with Gasteiger partial charge in [0.25, 0.3) is 5.91 Å². The average Bonchev–Trinajstić information content (AvgIpc) is 3.31. The van der Waals surface area contributed by atoms with Crippen molar-refractivity contribution in [3.8, 4) is 0 Å². The minimum absolute atomic E-state index is 0.134. The quantitative estimate of drug-likeness (QED) is 0.762. The first-order valence-electron chi connectivity index (χ1n) is 8.91. The largest absolute Gasteiger partial charge is 0.476 e. The summed E-state index contributed by atoms with van der Waals surface area (Å²) in [6.45, 7) is 3.44. The molecule has 0 aliphatic carbocycles. The summed E-state index contributed by atoms with van der Waals surface area (Å²) >= 11 is 0. The molecule has 138 valence electrons. The lowest BCUT2D eigenvalue weighted by Crippen LogP contribution is -2.32. The molecule has 1 aliphatic heterocycles. The van der Waals surface area contributed by atoms with Gasteiger partial charge in [-0.1, -0.05) is 12.1 Å². The molecule has 2 aromatic heterocycles. The SMILES string of the molecule is CCn1c(C2CCCN2C(=O)c2cnc(C(=O)O)cn2)nc2ccccc21. The van der Waals surface area contributed by atoms with Crippen molar-refractivity contribution < 1.29 is 14.7 Å². The fraction of sp³-hybridized carbons (Fsp3) is 0.316. The highest BCUT2D eigenvalue weighted by Gasteiger charge is 2.34. The topological polar surface area (TPSA) is 101 Å². The number of rotatable bonds is 4. The van der Waals surface area contributed by atoms with Crippen LogP contribution >= 0.6 is 0 Å². The van der Waals surface area contributed by atoms with Crippen LogP contribution in [0.4, 0.5) is 0 Å². The third kappa shape index (κ3) is 2.92. The second-order valence-corrected chi connectivity index (χ2v) is 6.45. The predicted octanol–water partition coefficient (Wildman–Crippen LogP) is 2.52. The van der Waals surface area contributed by atoms with Crippen molar-refractivity contribution in [2.45, 2.75) is 32.4 Å². The lowest BCUT2D eigenvalue weighted by atomic mass is 10.2. The van der Waals surface area contributed by atoms with Crippen LogP contribution in [0.3, 0.4) is 0 Å². The van der Waals surface area contributed by atoms with Gasteiger partial charge in [-0.05, 0) is 31.9 Å². The number of carbonyl (C=O) groups is 2. The number of aromatic nitrogens is 4. The summed E-state index contributed by atoms with van der Waals surface area (Å²) < 4.78 is 2.14. The number of carboxylic acid groups (broad SMARTS) is 1. The van der Waals surface area contributed by atoms with E-state index < -0.39 is 5.97 Å². The number of benzene rings is 1. The van der Waals surface area contributed by atoms with Gasteiger partial charge in [-0.25, -0.2) is 19.7 Å². The molecule has 1 N–H and O–H groups in total. The predicted molar refractivity (Wildman–Crippen MR) is 97.4 cm³/mol. The minimum atomic E-state index is -1.17. The van der Waals surface area contributed by atoms with Gasteiger partial charge in [-0.15, -0.1) is 0 Å². The molecule has 1 saturated heterocycles. The summed E-state index contributed by atoms with van der Waals surface area (Å²) in [4.78, 5) is 38.2. The molecule has 1 fully saturated rings. The Morgan fingerprint density at radius 2 is 1.93 bits per heavy atom. The molecule has 8 nitrogen and oxygen atoms in total. The Labute approximate surface area is 155 Å². The van der Waals surface area contributed by atoms with Gasteiger partial charge in [0.1, 0.15) is 11.5 Å². The number of aryl methyl sites for hydroxylation is 1. The smallest absolute Gasteiger partial charge is 0.356 e. The maximum atomic E-state index is 13.0. The maximum absolute atomic E-state index is 13.0. The molecular formula is C19H19N5O3. The lowest BCUT2D eigenvalue weighted by Gasteiger charge is -2.24. The van der Waals surface area contributed by atoms with Crippen molar-refractivity contribution in [1.82, 2.24) is 24.4 Å². The number of carboxylic acids is 1. The Bertz CT molecular complexity index is 1010. The van der Waals surface area contributed by atoms with Gasteiger partial charge in [0.15, 0.2) is 5.69 Å². The van der Waals surface area contributed by atoms with Crippen LogP contribution in [0.1, 0.15) is 52.6 Å². The highest BCUT2D eigenvalue weighted by molar-refractivity contribution is 5.93. The van der Waals surface area contributed by atoms with Crippen LogP contribution < -0.4 is 0 Å². The molecule has 4 rings (SSSR count). The molecule has 0 radical (unpaired) electrons. The summed E-state index contributed by atoms with van der Waals surface area (Å²) in [7, 11) is 0. The molecule has 0 bridgehead atoms. The molecule has 1 atom stereocenters. The van der Waals surface area contributed by atoms with Crippen LogP contribution in [0.5, 0.6) is 0 Å². The van der Waals surface area contributed by atoms with E-state index >= 15 is 0 Å². The molecular weight excluding hydrogens is 346 g/mol. The normalized spacial score (nSPS) is 16.8. The zero-order valence-electron chi connectivity index (χ0n) is 14.9. The molecule has 1 amide bonds. The third-order valence-corrected chi connectivity index (χ3v) is 4.90. The molecule has 0 spiro atoms. The van der Waals surface area contributed by atoms with Crippen LogP contribution in [0.25, 0.3) is 11.0 Å². The Balaban J connectivity index is 1.68. The molecule has 8 heteroatoms. The maximum Gasteiger partial charge on any atom is 0.356 e. The van der Waals surface area contributed by atoms with E-state index in [0.29, 0.717) is 6.54 Å². The first-order valence-corrected chi connectivity index (χ1v) is 8.91. The van der Waals surface area contributed by atoms with Gasteiger partial charge in [-0.2, -0.15) is 0 Å². The number of nitrogens with zero attached hydrogens (tertiary/aromatic N) is 5. The second kappa shape index (κ2) is 6.79. The van der Waals surface area contributed by atoms with Gasteiger partial charge >= 0.3 is 5.97 Å². The first-order chi connectivity index (χ1) is 13.1. The van der Waals surface area contributed by atoms with Gasteiger partial charge in [0.2, 0.25) is 0 Å². The second-order valence-electron chi connectivity index (χ2n) is 6.45.